The van der Waals surface area contributed by atoms with Gasteiger partial charge in [-0.05, 0) is 48.5 Å². The molecule has 0 aliphatic rings. The lowest BCUT2D eigenvalue weighted by atomic mass is 10.2. The summed E-state index contributed by atoms with van der Waals surface area (Å²) in [6, 6.07) is 13.9. The van der Waals surface area contributed by atoms with Gasteiger partial charge < -0.3 is 10.6 Å². The zero-order chi connectivity index (χ0) is 17.8. The number of rotatable bonds is 4. The van der Waals surface area contributed by atoms with Gasteiger partial charge in [0.1, 0.15) is 11.6 Å². The molecule has 7 heteroatoms. The maximum absolute atomic E-state index is 13.3. The van der Waals surface area contributed by atoms with Crippen molar-refractivity contribution >= 4 is 46.3 Å². The van der Waals surface area contributed by atoms with Gasteiger partial charge in [0.2, 0.25) is 0 Å². The fourth-order valence-electron chi connectivity index (χ4n) is 2.16. The maximum atomic E-state index is 13.3. The standard InChI is InChI=1S/C18H12Cl2FN3O/c19-15-7-6-13(10-16(15)20)24-18(25)14-5-2-8-22-17(14)23-12-4-1-3-11(21)9-12/h1-10H,(H,22,23)(H,24,25). The first-order valence-electron chi connectivity index (χ1n) is 7.27. The van der Waals surface area contributed by atoms with E-state index in [1.807, 2.05) is 0 Å². The Labute approximate surface area is 153 Å². The molecule has 1 aromatic heterocycles. The van der Waals surface area contributed by atoms with Crippen LogP contribution in [0.5, 0.6) is 0 Å². The van der Waals surface area contributed by atoms with Crippen molar-refractivity contribution in [2.24, 2.45) is 0 Å². The molecule has 0 aliphatic carbocycles. The summed E-state index contributed by atoms with van der Waals surface area (Å²) in [5.41, 5.74) is 1.29. The lowest BCUT2D eigenvalue weighted by molar-refractivity contribution is 0.102. The van der Waals surface area contributed by atoms with Crippen molar-refractivity contribution in [3.8, 4) is 0 Å². The van der Waals surface area contributed by atoms with Crippen molar-refractivity contribution in [3.05, 3.63) is 82.2 Å². The van der Waals surface area contributed by atoms with Crippen LogP contribution < -0.4 is 10.6 Å². The molecule has 0 bridgehead atoms. The van der Waals surface area contributed by atoms with E-state index in [0.717, 1.165) is 0 Å². The number of carbonyl (C=O) groups is 1. The van der Waals surface area contributed by atoms with Gasteiger partial charge in [0, 0.05) is 17.6 Å². The summed E-state index contributed by atoms with van der Waals surface area (Å²) < 4.78 is 13.3. The van der Waals surface area contributed by atoms with Crippen molar-refractivity contribution in [2.45, 2.75) is 0 Å². The van der Waals surface area contributed by atoms with Crippen LogP contribution in [-0.4, -0.2) is 10.9 Å². The summed E-state index contributed by atoms with van der Waals surface area (Å²) in [7, 11) is 0. The topological polar surface area (TPSA) is 54.0 Å². The van der Waals surface area contributed by atoms with Gasteiger partial charge >= 0.3 is 0 Å². The minimum Gasteiger partial charge on any atom is -0.339 e. The Morgan fingerprint density at radius 2 is 1.80 bits per heavy atom. The molecular formula is C18H12Cl2FN3O. The average molecular weight is 376 g/mol. The van der Waals surface area contributed by atoms with Crippen LogP contribution in [0.2, 0.25) is 10.0 Å². The monoisotopic (exact) mass is 375 g/mol. The summed E-state index contributed by atoms with van der Waals surface area (Å²) in [5, 5.41) is 6.40. The highest BCUT2D eigenvalue weighted by Crippen LogP contribution is 2.26. The molecular weight excluding hydrogens is 364 g/mol. The van der Waals surface area contributed by atoms with E-state index in [-0.39, 0.29) is 11.7 Å². The number of anilines is 3. The van der Waals surface area contributed by atoms with Crippen LogP contribution in [0, 0.1) is 5.82 Å². The van der Waals surface area contributed by atoms with Gasteiger partial charge in [-0.25, -0.2) is 9.37 Å². The van der Waals surface area contributed by atoms with Crippen molar-refractivity contribution in [3.63, 3.8) is 0 Å². The highest BCUT2D eigenvalue weighted by atomic mass is 35.5. The second-order valence-corrected chi connectivity index (χ2v) is 5.93. The van der Waals surface area contributed by atoms with Crippen LogP contribution in [0.25, 0.3) is 0 Å². The van der Waals surface area contributed by atoms with Crippen molar-refractivity contribution in [1.82, 2.24) is 4.98 Å². The molecule has 0 unspecified atom stereocenters. The Bertz CT molecular complexity index is 934. The van der Waals surface area contributed by atoms with Crippen LogP contribution in [0.4, 0.5) is 21.6 Å². The molecule has 4 nitrogen and oxygen atoms in total. The predicted octanol–water partition coefficient (Wildman–Crippen LogP) is 5.52. The fourth-order valence-corrected chi connectivity index (χ4v) is 2.46. The van der Waals surface area contributed by atoms with E-state index in [4.69, 9.17) is 23.2 Å². The molecule has 0 radical (unpaired) electrons. The second-order valence-electron chi connectivity index (χ2n) is 5.12. The molecule has 2 N–H and O–H groups in total. The highest BCUT2D eigenvalue weighted by Gasteiger charge is 2.13. The molecule has 0 saturated heterocycles. The van der Waals surface area contributed by atoms with Crippen LogP contribution in [0.15, 0.2) is 60.8 Å². The van der Waals surface area contributed by atoms with Crippen molar-refractivity contribution in [1.29, 1.82) is 0 Å². The molecule has 0 spiro atoms. The largest absolute Gasteiger partial charge is 0.339 e. The first-order chi connectivity index (χ1) is 12.0. The molecule has 0 fully saturated rings. The Morgan fingerprint density at radius 1 is 0.960 bits per heavy atom. The van der Waals surface area contributed by atoms with Gasteiger partial charge in [-0.3, -0.25) is 4.79 Å². The number of pyridine rings is 1. The number of aromatic nitrogens is 1. The molecule has 1 heterocycles. The minimum atomic E-state index is -0.386. The van der Waals surface area contributed by atoms with E-state index in [1.165, 1.54) is 18.3 Å². The number of hydrogen-bond acceptors (Lipinski definition) is 3. The molecule has 0 aliphatic heterocycles. The Kier molecular flexibility index (Phi) is 5.16. The third-order valence-electron chi connectivity index (χ3n) is 3.32. The molecule has 126 valence electrons. The average Bonchev–Trinajstić information content (AvgIpc) is 2.59. The zero-order valence-corrected chi connectivity index (χ0v) is 14.3. The van der Waals surface area contributed by atoms with Gasteiger partial charge in [-0.2, -0.15) is 0 Å². The summed E-state index contributed by atoms with van der Waals surface area (Å²) in [5.74, 6) is -0.459. The van der Waals surface area contributed by atoms with Crippen LogP contribution in [0.1, 0.15) is 10.4 Å². The van der Waals surface area contributed by atoms with Crippen LogP contribution >= 0.6 is 23.2 Å². The molecule has 25 heavy (non-hydrogen) atoms. The predicted molar refractivity (Wildman–Crippen MR) is 98.3 cm³/mol. The maximum Gasteiger partial charge on any atom is 0.259 e. The summed E-state index contributed by atoms with van der Waals surface area (Å²) in [6.45, 7) is 0. The number of nitrogens with zero attached hydrogens (tertiary/aromatic N) is 1. The second kappa shape index (κ2) is 7.51. The molecule has 2 aromatic carbocycles. The van der Waals surface area contributed by atoms with Crippen molar-refractivity contribution in [2.75, 3.05) is 10.6 Å². The molecule has 0 atom stereocenters. The quantitative estimate of drug-likeness (QED) is 0.630. The van der Waals surface area contributed by atoms with E-state index >= 15 is 0 Å². The first-order valence-corrected chi connectivity index (χ1v) is 8.02. The third kappa shape index (κ3) is 4.26. The fraction of sp³-hybridized carbons (Fsp3) is 0. The van der Waals surface area contributed by atoms with Crippen LogP contribution in [-0.2, 0) is 0 Å². The number of nitrogens with one attached hydrogen (secondary N) is 2. The number of carbonyl (C=O) groups excluding carboxylic acids is 1. The van der Waals surface area contributed by atoms with E-state index < -0.39 is 0 Å². The third-order valence-corrected chi connectivity index (χ3v) is 4.06. The Hall–Kier alpha value is -2.63. The number of benzene rings is 2. The molecule has 3 rings (SSSR count). The zero-order valence-electron chi connectivity index (χ0n) is 12.8. The molecule has 1 amide bonds. The number of amides is 1. The molecule has 0 saturated carbocycles. The van der Waals surface area contributed by atoms with Gasteiger partial charge in [-0.1, -0.05) is 29.3 Å². The van der Waals surface area contributed by atoms with Gasteiger partial charge in [0.25, 0.3) is 5.91 Å². The summed E-state index contributed by atoms with van der Waals surface area (Å²) >= 11 is 11.8. The van der Waals surface area contributed by atoms with E-state index in [0.29, 0.717) is 32.8 Å². The van der Waals surface area contributed by atoms with Crippen LogP contribution in [0.3, 0.4) is 0 Å². The van der Waals surface area contributed by atoms with Crippen molar-refractivity contribution < 1.29 is 9.18 Å². The Morgan fingerprint density at radius 3 is 2.56 bits per heavy atom. The van der Waals surface area contributed by atoms with Gasteiger partial charge in [0.05, 0.1) is 15.6 Å². The lowest BCUT2D eigenvalue weighted by Crippen LogP contribution is -2.14. The van der Waals surface area contributed by atoms with E-state index in [9.17, 15) is 9.18 Å². The normalized spacial score (nSPS) is 10.4. The number of hydrogen-bond donors (Lipinski definition) is 2. The van der Waals surface area contributed by atoms with Gasteiger partial charge in [0.15, 0.2) is 0 Å². The molecule has 3 aromatic rings. The smallest absolute Gasteiger partial charge is 0.259 e. The minimum absolute atomic E-state index is 0.304. The van der Waals surface area contributed by atoms with E-state index in [2.05, 4.69) is 15.6 Å². The SMILES string of the molecule is O=C(Nc1ccc(Cl)c(Cl)c1)c1cccnc1Nc1cccc(F)c1. The van der Waals surface area contributed by atoms with Gasteiger partial charge in [-0.15, -0.1) is 0 Å². The highest BCUT2D eigenvalue weighted by molar-refractivity contribution is 6.42. The summed E-state index contributed by atoms with van der Waals surface area (Å²) in [6.07, 6.45) is 1.54. The van der Waals surface area contributed by atoms with E-state index in [1.54, 1.807) is 42.5 Å². The summed E-state index contributed by atoms with van der Waals surface area (Å²) in [4.78, 5) is 16.7. The Balaban J connectivity index is 1.84. The first kappa shape index (κ1) is 17.2. The number of halogens is 3. The lowest BCUT2D eigenvalue weighted by Gasteiger charge is -2.11.